The highest BCUT2D eigenvalue weighted by Crippen LogP contribution is 2.32. The normalized spacial score (nSPS) is 10.9. The van der Waals surface area contributed by atoms with Crippen LogP contribution in [-0.4, -0.2) is 14.6 Å². The molecule has 0 fully saturated rings. The van der Waals surface area contributed by atoms with E-state index < -0.39 is 0 Å². The number of nitrogens with zero attached hydrogens (tertiary/aromatic N) is 4. The van der Waals surface area contributed by atoms with Crippen LogP contribution >= 0.6 is 22.7 Å². The summed E-state index contributed by atoms with van der Waals surface area (Å²) in [5, 5.41) is 16.7. The first kappa shape index (κ1) is 13.1. The number of thiophene rings is 1. The van der Waals surface area contributed by atoms with Gasteiger partial charge < -0.3 is 0 Å². The lowest BCUT2D eigenvalue weighted by Crippen LogP contribution is -1.90. The molecule has 4 aromatic rings. The van der Waals surface area contributed by atoms with Crippen molar-refractivity contribution in [1.29, 1.82) is 5.26 Å². The SMILES string of the molecule is N#Cc1c(-c2ccc(F)cc2)nc2sc(-c3cccs3)nn12. The zero-order valence-electron chi connectivity index (χ0n) is 11.0. The smallest absolute Gasteiger partial charge is 0.214 e. The van der Waals surface area contributed by atoms with Gasteiger partial charge in [0.15, 0.2) is 10.7 Å². The quantitative estimate of drug-likeness (QED) is 0.555. The van der Waals surface area contributed by atoms with Gasteiger partial charge in [-0.05, 0) is 35.7 Å². The second-order valence-corrected chi connectivity index (χ2v) is 6.41. The van der Waals surface area contributed by atoms with Gasteiger partial charge in [-0.2, -0.15) is 14.9 Å². The predicted octanol–water partition coefficient (Wildman–Crippen LogP) is 4.20. The minimum Gasteiger partial charge on any atom is -0.216 e. The molecule has 1 aromatic carbocycles. The van der Waals surface area contributed by atoms with Crippen molar-refractivity contribution in [1.82, 2.24) is 14.6 Å². The molecule has 0 spiro atoms. The third-order valence-corrected chi connectivity index (χ3v) is 5.11. The minimum absolute atomic E-state index is 0.318. The van der Waals surface area contributed by atoms with E-state index in [0.29, 0.717) is 21.9 Å². The first-order chi connectivity index (χ1) is 10.8. The molecule has 106 valence electrons. The van der Waals surface area contributed by atoms with Crippen molar-refractivity contribution in [2.24, 2.45) is 0 Å². The standard InChI is InChI=1S/C15H7FN4S2/c16-10-5-3-9(4-6-10)13-11(8-17)20-15(18-13)22-14(19-20)12-2-1-7-21-12/h1-7H. The van der Waals surface area contributed by atoms with E-state index in [1.165, 1.54) is 23.5 Å². The number of nitriles is 1. The van der Waals surface area contributed by atoms with Crippen molar-refractivity contribution in [3.63, 3.8) is 0 Å². The van der Waals surface area contributed by atoms with E-state index in [-0.39, 0.29) is 5.82 Å². The topological polar surface area (TPSA) is 54.0 Å². The van der Waals surface area contributed by atoms with E-state index in [9.17, 15) is 9.65 Å². The molecule has 0 aliphatic heterocycles. The molecule has 0 saturated carbocycles. The number of fused-ring (bicyclic) bond motifs is 1. The van der Waals surface area contributed by atoms with Crippen molar-refractivity contribution >= 4 is 27.6 Å². The van der Waals surface area contributed by atoms with Crippen LogP contribution in [0, 0.1) is 17.1 Å². The Labute approximate surface area is 132 Å². The Morgan fingerprint density at radius 1 is 1.18 bits per heavy atom. The third-order valence-electron chi connectivity index (χ3n) is 3.16. The highest BCUT2D eigenvalue weighted by atomic mass is 32.1. The van der Waals surface area contributed by atoms with Crippen molar-refractivity contribution < 1.29 is 4.39 Å². The Bertz CT molecular complexity index is 991. The van der Waals surface area contributed by atoms with Crippen LogP contribution in [0.1, 0.15) is 5.69 Å². The number of halogens is 1. The maximum Gasteiger partial charge on any atom is 0.214 e. The summed E-state index contributed by atoms with van der Waals surface area (Å²) in [6.07, 6.45) is 0. The molecule has 7 heteroatoms. The van der Waals surface area contributed by atoms with Gasteiger partial charge in [0.25, 0.3) is 0 Å². The van der Waals surface area contributed by atoms with Crippen LogP contribution in [0.4, 0.5) is 4.39 Å². The number of aromatic nitrogens is 3. The van der Waals surface area contributed by atoms with Gasteiger partial charge in [-0.15, -0.1) is 11.3 Å². The second kappa shape index (κ2) is 5.02. The summed E-state index contributed by atoms with van der Waals surface area (Å²) in [5.41, 5.74) is 1.59. The van der Waals surface area contributed by atoms with Crippen molar-refractivity contribution in [2.45, 2.75) is 0 Å². The molecule has 0 amide bonds. The number of imidazole rings is 1. The average Bonchev–Trinajstić information content (AvgIpc) is 3.22. The summed E-state index contributed by atoms with van der Waals surface area (Å²) < 4.78 is 14.6. The average molecular weight is 326 g/mol. The first-order valence-electron chi connectivity index (χ1n) is 6.36. The highest BCUT2D eigenvalue weighted by Gasteiger charge is 2.18. The number of hydrogen-bond donors (Lipinski definition) is 0. The molecule has 22 heavy (non-hydrogen) atoms. The molecular weight excluding hydrogens is 319 g/mol. The van der Waals surface area contributed by atoms with Gasteiger partial charge in [0.05, 0.1) is 4.88 Å². The van der Waals surface area contributed by atoms with E-state index >= 15 is 0 Å². The summed E-state index contributed by atoms with van der Waals surface area (Å²) >= 11 is 3.02. The van der Waals surface area contributed by atoms with Crippen LogP contribution in [0.25, 0.3) is 26.1 Å². The maximum absolute atomic E-state index is 13.0. The zero-order valence-corrected chi connectivity index (χ0v) is 12.7. The Morgan fingerprint density at radius 2 is 2.00 bits per heavy atom. The molecular formula is C15H7FN4S2. The number of rotatable bonds is 2. The summed E-state index contributed by atoms with van der Waals surface area (Å²) in [4.78, 5) is 6.19. The van der Waals surface area contributed by atoms with E-state index in [1.807, 2.05) is 17.5 Å². The van der Waals surface area contributed by atoms with E-state index in [2.05, 4.69) is 16.2 Å². The predicted molar refractivity (Wildman–Crippen MR) is 84.3 cm³/mol. The highest BCUT2D eigenvalue weighted by molar-refractivity contribution is 7.23. The molecule has 3 aromatic heterocycles. The Morgan fingerprint density at radius 3 is 2.68 bits per heavy atom. The third kappa shape index (κ3) is 2.01. The second-order valence-electron chi connectivity index (χ2n) is 4.51. The first-order valence-corrected chi connectivity index (χ1v) is 8.05. The molecule has 0 N–H and O–H groups in total. The summed E-state index contributed by atoms with van der Waals surface area (Å²) in [6.45, 7) is 0. The van der Waals surface area contributed by atoms with Crippen LogP contribution in [0.2, 0.25) is 0 Å². The number of benzene rings is 1. The van der Waals surface area contributed by atoms with E-state index in [1.54, 1.807) is 28.0 Å². The molecule has 0 atom stereocenters. The van der Waals surface area contributed by atoms with Gasteiger partial charge in [0, 0.05) is 5.56 Å². The molecule has 3 heterocycles. The lowest BCUT2D eigenvalue weighted by molar-refractivity contribution is 0.628. The fourth-order valence-corrected chi connectivity index (χ4v) is 3.85. The van der Waals surface area contributed by atoms with Gasteiger partial charge in [-0.25, -0.2) is 9.37 Å². The van der Waals surface area contributed by atoms with Crippen molar-refractivity contribution in [2.75, 3.05) is 0 Å². The van der Waals surface area contributed by atoms with Gasteiger partial charge in [-0.3, -0.25) is 0 Å². The van der Waals surface area contributed by atoms with Gasteiger partial charge in [-0.1, -0.05) is 17.4 Å². The summed E-state index contributed by atoms with van der Waals surface area (Å²) in [7, 11) is 0. The zero-order chi connectivity index (χ0) is 15.1. The van der Waals surface area contributed by atoms with Crippen molar-refractivity contribution in [3.05, 3.63) is 53.3 Å². The largest absolute Gasteiger partial charge is 0.216 e. The molecule has 0 aliphatic rings. The Kier molecular flexibility index (Phi) is 2.99. The van der Waals surface area contributed by atoms with Crippen LogP contribution < -0.4 is 0 Å². The molecule has 0 radical (unpaired) electrons. The Balaban J connectivity index is 1.89. The Hall–Kier alpha value is -2.56. The fourth-order valence-electron chi connectivity index (χ4n) is 2.16. The monoisotopic (exact) mass is 326 g/mol. The van der Waals surface area contributed by atoms with Gasteiger partial charge in [0.1, 0.15) is 17.6 Å². The lowest BCUT2D eigenvalue weighted by Gasteiger charge is -1.97. The van der Waals surface area contributed by atoms with Crippen LogP contribution in [0.5, 0.6) is 0 Å². The number of hydrogen-bond acceptors (Lipinski definition) is 5. The van der Waals surface area contributed by atoms with Crippen LogP contribution in [0.15, 0.2) is 41.8 Å². The van der Waals surface area contributed by atoms with Crippen molar-refractivity contribution in [3.8, 4) is 27.2 Å². The summed E-state index contributed by atoms with van der Waals surface area (Å²) in [6, 6.07) is 12.0. The van der Waals surface area contributed by atoms with E-state index in [4.69, 9.17) is 0 Å². The summed E-state index contributed by atoms with van der Waals surface area (Å²) in [5.74, 6) is -0.318. The molecule has 0 saturated heterocycles. The van der Waals surface area contributed by atoms with Gasteiger partial charge in [0.2, 0.25) is 4.96 Å². The maximum atomic E-state index is 13.0. The van der Waals surface area contributed by atoms with Crippen LogP contribution in [0.3, 0.4) is 0 Å². The van der Waals surface area contributed by atoms with E-state index in [0.717, 1.165) is 9.88 Å². The molecule has 4 rings (SSSR count). The lowest BCUT2D eigenvalue weighted by atomic mass is 10.1. The molecule has 0 aliphatic carbocycles. The molecule has 0 unspecified atom stereocenters. The molecule has 4 nitrogen and oxygen atoms in total. The van der Waals surface area contributed by atoms with Gasteiger partial charge >= 0.3 is 0 Å². The van der Waals surface area contributed by atoms with Crippen LogP contribution in [-0.2, 0) is 0 Å². The minimum atomic E-state index is -0.318. The fraction of sp³-hybridized carbons (Fsp3) is 0. The molecule has 0 bridgehead atoms.